The molecule has 0 aliphatic carbocycles. The smallest absolute Gasteiger partial charge is 0.322 e. The van der Waals surface area contributed by atoms with Gasteiger partial charge in [0, 0.05) is 22.9 Å². The molecule has 4 N–H and O–H groups in total. The maximum atomic E-state index is 11.9. The molecule has 1 fully saturated rings. The third kappa shape index (κ3) is 2.69. The molecule has 0 radical (unpaired) electrons. The number of nitrogens with zero attached hydrogens (tertiary/aromatic N) is 1. The number of carbonyl (C=O) groups excluding carboxylic acids is 3. The van der Waals surface area contributed by atoms with Crippen LogP contribution in [0.15, 0.2) is 18.2 Å². The highest BCUT2D eigenvalue weighted by Gasteiger charge is 2.52. The number of urea groups is 1. The first-order chi connectivity index (χ1) is 9.78. The Kier molecular flexibility index (Phi) is 4.11. The van der Waals surface area contributed by atoms with Gasteiger partial charge in [0.2, 0.25) is 11.8 Å². The van der Waals surface area contributed by atoms with E-state index in [1.54, 1.807) is 12.1 Å². The predicted octanol–water partition coefficient (Wildman–Crippen LogP) is 1.46. The molecule has 1 atom stereocenters. The molecular formula is C13H13Cl2N3O3. The molecule has 21 heavy (non-hydrogen) atoms. The molecule has 1 aliphatic heterocycles. The molecule has 0 bridgehead atoms. The highest BCUT2D eigenvalue weighted by atomic mass is 35.5. The molecule has 1 saturated heterocycles. The highest BCUT2D eigenvalue weighted by Crippen LogP contribution is 2.35. The number of nitrogens with two attached hydrogens (primary N) is 2. The van der Waals surface area contributed by atoms with Crippen LogP contribution in [0.25, 0.3) is 0 Å². The maximum absolute atomic E-state index is 11.9. The minimum absolute atomic E-state index is 0.00696. The lowest BCUT2D eigenvalue weighted by molar-refractivity contribution is -0.135. The summed E-state index contributed by atoms with van der Waals surface area (Å²) in [5, 5.41) is 0.762. The average Bonchev–Trinajstić information content (AvgIpc) is 2.71. The van der Waals surface area contributed by atoms with Gasteiger partial charge in [-0.25, -0.2) is 9.69 Å². The van der Waals surface area contributed by atoms with E-state index in [1.807, 2.05) is 0 Å². The molecule has 0 spiro atoms. The van der Waals surface area contributed by atoms with Crippen molar-refractivity contribution in [3.05, 3.63) is 33.8 Å². The first-order valence-corrected chi connectivity index (χ1v) is 6.90. The van der Waals surface area contributed by atoms with Gasteiger partial charge in [-0.05, 0) is 24.1 Å². The molecule has 2 rings (SSSR count). The van der Waals surface area contributed by atoms with Gasteiger partial charge in [-0.2, -0.15) is 0 Å². The largest absolute Gasteiger partial charge is 0.368 e. The maximum Gasteiger partial charge on any atom is 0.322 e. The fraction of sp³-hybridized carbons (Fsp3) is 0.308. The number of hydrogen-bond donors (Lipinski definition) is 2. The van der Waals surface area contributed by atoms with Crippen molar-refractivity contribution in [2.24, 2.45) is 11.5 Å². The molecule has 1 aliphatic rings. The van der Waals surface area contributed by atoms with Crippen molar-refractivity contribution in [2.75, 3.05) is 0 Å². The van der Waals surface area contributed by atoms with Crippen molar-refractivity contribution in [3.8, 4) is 0 Å². The van der Waals surface area contributed by atoms with Crippen molar-refractivity contribution in [3.63, 3.8) is 0 Å². The van der Waals surface area contributed by atoms with E-state index in [1.165, 1.54) is 6.07 Å². The Morgan fingerprint density at radius 2 is 1.95 bits per heavy atom. The van der Waals surface area contributed by atoms with Crippen LogP contribution < -0.4 is 11.5 Å². The van der Waals surface area contributed by atoms with Crippen molar-refractivity contribution in [1.82, 2.24) is 4.90 Å². The van der Waals surface area contributed by atoms with Gasteiger partial charge < -0.3 is 11.5 Å². The lowest BCUT2D eigenvalue weighted by Crippen LogP contribution is -2.60. The van der Waals surface area contributed by atoms with E-state index in [2.05, 4.69) is 0 Å². The van der Waals surface area contributed by atoms with Crippen LogP contribution in [-0.4, -0.2) is 28.3 Å². The molecule has 0 aromatic heterocycles. The summed E-state index contributed by atoms with van der Waals surface area (Å²) in [4.78, 5) is 36.0. The van der Waals surface area contributed by atoms with Gasteiger partial charge in [0.05, 0.1) is 0 Å². The van der Waals surface area contributed by atoms with Crippen LogP contribution >= 0.6 is 23.2 Å². The minimum Gasteiger partial charge on any atom is -0.368 e. The zero-order valence-corrected chi connectivity index (χ0v) is 12.4. The Morgan fingerprint density at radius 3 is 2.48 bits per heavy atom. The highest BCUT2D eigenvalue weighted by molar-refractivity contribution is 6.35. The molecule has 0 saturated carbocycles. The quantitative estimate of drug-likeness (QED) is 0.876. The molecular weight excluding hydrogens is 317 g/mol. The van der Waals surface area contributed by atoms with Crippen molar-refractivity contribution < 1.29 is 14.4 Å². The standard InChI is InChI=1S/C13H13Cl2N3O3/c14-8-2-1-7(9(15)5-8)6-13(11(16)20)4-3-10(19)18(13)12(17)21/h1-2,5H,3-4,6H2,(H2,16,20)(H2,17,21). The zero-order chi connectivity index (χ0) is 15.8. The van der Waals surface area contributed by atoms with Gasteiger partial charge >= 0.3 is 6.03 Å². The number of hydrogen-bond acceptors (Lipinski definition) is 3. The Bertz CT molecular complexity index is 635. The molecule has 112 valence electrons. The van der Waals surface area contributed by atoms with E-state index in [0.29, 0.717) is 15.6 Å². The molecule has 1 aromatic rings. The SMILES string of the molecule is NC(=O)N1C(=O)CCC1(Cc1ccc(Cl)cc1Cl)C(N)=O. The Labute approximate surface area is 131 Å². The van der Waals surface area contributed by atoms with Gasteiger partial charge in [-0.15, -0.1) is 0 Å². The van der Waals surface area contributed by atoms with Crippen molar-refractivity contribution in [1.29, 1.82) is 0 Å². The summed E-state index contributed by atoms with van der Waals surface area (Å²) in [5.41, 5.74) is 9.73. The van der Waals surface area contributed by atoms with Gasteiger partial charge in [-0.1, -0.05) is 29.3 Å². The number of imide groups is 1. The molecule has 6 nitrogen and oxygen atoms in total. The molecule has 8 heteroatoms. The molecule has 1 unspecified atom stereocenters. The summed E-state index contributed by atoms with van der Waals surface area (Å²) in [6.07, 6.45) is 0.146. The van der Waals surface area contributed by atoms with E-state index in [-0.39, 0.29) is 19.3 Å². The Morgan fingerprint density at radius 1 is 1.29 bits per heavy atom. The number of primary amides is 2. The van der Waals surface area contributed by atoms with E-state index in [0.717, 1.165) is 4.90 Å². The van der Waals surface area contributed by atoms with E-state index in [9.17, 15) is 14.4 Å². The lowest BCUT2D eigenvalue weighted by Gasteiger charge is -2.33. The summed E-state index contributed by atoms with van der Waals surface area (Å²) < 4.78 is 0. The number of likely N-dealkylation sites (tertiary alicyclic amines) is 1. The summed E-state index contributed by atoms with van der Waals surface area (Å²) >= 11 is 11.9. The van der Waals surface area contributed by atoms with E-state index in [4.69, 9.17) is 34.7 Å². The Hall–Kier alpha value is -1.79. The fourth-order valence-corrected chi connectivity index (χ4v) is 3.05. The van der Waals surface area contributed by atoms with Crippen LogP contribution in [0, 0.1) is 0 Å². The summed E-state index contributed by atoms with van der Waals surface area (Å²) in [5.74, 6) is -1.32. The zero-order valence-electron chi connectivity index (χ0n) is 10.9. The topological polar surface area (TPSA) is 106 Å². The van der Waals surface area contributed by atoms with Crippen LogP contribution in [-0.2, 0) is 16.0 Å². The second-order valence-electron chi connectivity index (χ2n) is 4.88. The van der Waals surface area contributed by atoms with E-state index >= 15 is 0 Å². The van der Waals surface area contributed by atoms with Gasteiger partial charge in [0.15, 0.2) is 0 Å². The monoisotopic (exact) mass is 329 g/mol. The van der Waals surface area contributed by atoms with Gasteiger partial charge in [0.1, 0.15) is 5.54 Å². The fourth-order valence-electron chi connectivity index (χ4n) is 2.58. The second kappa shape index (κ2) is 5.54. The normalized spacial score (nSPS) is 21.6. The van der Waals surface area contributed by atoms with Crippen LogP contribution in [0.3, 0.4) is 0 Å². The summed E-state index contributed by atoms with van der Waals surface area (Å²) in [6, 6.07) is 3.74. The minimum atomic E-state index is -1.49. The number of rotatable bonds is 3. The van der Waals surface area contributed by atoms with Crippen LogP contribution in [0.5, 0.6) is 0 Å². The molecule has 4 amide bonds. The third-order valence-electron chi connectivity index (χ3n) is 3.61. The number of amides is 4. The van der Waals surface area contributed by atoms with Gasteiger partial charge in [0.25, 0.3) is 0 Å². The Balaban J connectivity index is 2.46. The second-order valence-corrected chi connectivity index (χ2v) is 5.72. The first-order valence-electron chi connectivity index (χ1n) is 6.14. The average molecular weight is 330 g/mol. The third-order valence-corrected chi connectivity index (χ3v) is 4.19. The molecule has 1 aromatic carbocycles. The number of carbonyl (C=O) groups is 3. The van der Waals surface area contributed by atoms with Gasteiger partial charge in [-0.3, -0.25) is 9.59 Å². The number of benzene rings is 1. The van der Waals surface area contributed by atoms with E-state index < -0.39 is 23.4 Å². The summed E-state index contributed by atoms with van der Waals surface area (Å²) in [7, 11) is 0. The van der Waals surface area contributed by atoms with Crippen molar-refractivity contribution >= 4 is 41.0 Å². The van der Waals surface area contributed by atoms with Crippen LogP contribution in [0.4, 0.5) is 4.79 Å². The number of halogens is 2. The first kappa shape index (κ1) is 15.6. The summed E-state index contributed by atoms with van der Waals surface area (Å²) in [6.45, 7) is 0. The molecule has 1 heterocycles. The van der Waals surface area contributed by atoms with Crippen molar-refractivity contribution in [2.45, 2.75) is 24.8 Å². The van der Waals surface area contributed by atoms with Crippen LogP contribution in [0.1, 0.15) is 18.4 Å². The lowest BCUT2D eigenvalue weighted by atomic mass is 9.87. The van der Waals surface area contributed by atoms with Crippen LogP contribution in [0.2, 0.25) is 10.0 Å². The predicted molar refractivity (Wildman–Crippen MR) is 77.8 cm³/mol.